The van der Waals surface area contributed by atoms with E-state index in [4.69, 9.17) is 5.11 Å². The van der Waals surface area contributed by atoms with Crippen molar-refractivity contribution in [2.75, 3.05) is 13.2 Å². The Morgan fingerprint density at radius 3 is 2.53 bits per heavy atom. The average Bonchev–Trinajstić information content (AvgIpc) is 2.23. The molecule has 0 aliphatic heterocycles. The fourth-order valence-corrected chi connectivity index (χ4v) is 1.28. The average molecular weight is 217 g/mol. The van der Waals surface area contributed by atoms with Gasteiger partial charge in [-0.15, -0.1) is 0 Å². The fraction of sp³-hybridized carbons (Fsp3) is 0.909. The first-order valence-corrected chi connectivity index (χ1v) is 5.84. The van der Waals surface area contributed by atoms with Crippen molar-refractivity contribution in [2.45, 2.75) is 51.9 Å². The summed E-state index contributed by atoms with van der Waals surface area (Å²) in [5.41, 5.74) is 2.40. The van der Waals surface area contributed by atoms with Crippen LogP contribution >= 0.6 is 0 Å². The molecule has 0 fully saturated rings. The number of rotatable bonds is 10. The summed E-state index contributed by atoms with van der Waals surface area (Å²) < 4.78 is 0. The smallest absolute Gasteiger partial charge is 0.324 e. The van der Waals surface area contributed by atoms with Crippen molar-refractivity contribution in [3.8, 4) is 0 Å². The fourth-order valence-electron chi connectivity index (χ4n) is 1.28. The third-order valence-corrected chi connectivity index (χ3v) is 2.13. The summed E-state index contributed by atoms with van der Waals surface area (Å²) in [5, 5.41) is 8.42. The highest BCUT2D eigenvalue weighted by Crippen LogP contribution is 2.06. The Morgan fingerprint density at radius 1 is 1.20 bits per heavy atom. The van der Waals surface area contributed by atoms with E-state index in [9.17, 15) is 4.79 Å². The van der Waals surface area contributed by atoms with Crippen molar-refractivity contribution < 1.29 is 14.7 Å². The number of carbonyl (C=O) groups is 1. The highest BCUT2D eigenvalue weighted by Gasteiger charge is 2.01. The molecule has 0 rings (SSSR count). The van der Waals surface area contributed by atoms with Crippen LogP contribution in [0.4, 0.5) is 0 Å². The zero-order valence-electron chi connectivity index (χ0n) is 9.63. The van der Waals surface area contributed by atoms with Gasteiger partial charge >= 0.3 is 5.97 Å². The summed E-state index contributed by atoms with van der Waals surface area (Å²) in [6.07, 6.45) is 7.43. The standard InChI is InChI=1S/C11H23NO3/c1-2-3-4-5-6-7-8-11(14)15-12-9-10-13/h12-13H,2-10H2,1H3. The predicted molar refractivity (Wildman–Crippen MR) is 59.2 cm³/mol. The molecule has 0 aliphatic carbocycles. The number of carbonyl (C=O) groups excluding carboxylic acids is 1. The Balaban J connectivity index is 3.10. The van der Waals surface area contributed by atoms with E-state index in [2.05, 4.69) is 17.2 Å². The van der Waals surface area contributed by atoms with Crippen molar-refractivity contribution in [1.29, 1.82) is 0 Å². The Kier molecular flexibility index (Phi) is 11.0. The molecule has 0 saturated heterocycles. The minimum atomic E-state index is -0.237. The molecule has 0 aromatic carbocycles. The molecule has 0 atom stereocenters. The minimum Gasteiger partial charge on any atom is -0.395 e. The van der Waals surface area contributed by atoms with Gasteiger partial charge in [-0.05, 0) is 6.42 Å². The largest absolute Gasteiger partial charge is 0.395 e. The first kappa shape index (κ1) is 14.4. The topological polar surface area (TPSA) is 58.6 Å². The Hall–Kier alpha value is -0.610. The van der Waals surface area contributed by atoms with Crippen LogP contribution in [0.2, 0.25) is 0 Å². The van der Waals surface area contributed by atoms with Gasteiger partial charge in [0, 0.05) is 6.42 Å². The van der Waals surface area contributed by atoms with Gasteiger partial charge in [0.1, 0.15) is 0 Å². The lowest BCUT2D eigenvalue weighted by atomic mass is 10.1. The van der Waals surface area contributed by atoms with Crippen molar-refractivity contribution in [1.82, 2.24) is 5.48 Å². The van der Waals surface area contributed by atoms with E-state index in [0.29, 0.717) is 13.0 Å². The molecule has 4 heteroatoms. The molecule has 0 spiro atoms. The third kappa shape index (κ3) is 11.3. The van der Waals surface area contributed by atoms with Gasteiger partial charge in [0.2, 0.25) is 0 Å². The second-order valence-corrected chi connectivity index (χ2v) is 3.61. The third-order valence-electron chi connectivity index (χ3n) is 2.13. The van der Waals surface area contributed by atoms with Crippen LogP contribution in [0.15, 0.2) is 0 Å². The van der Waals surface area contributed by atoms with Crippen LogP contribution in [0.3, 0.4) is 0 Å². The number of nitrogens with one attached hydrogen (secondary N) is 1. The van der Waals surface area contributed by atoms with Gasteiger partial charge in [0.25, 0.3) is 0 Å². The second-order valence-electron chi connectivity index (χ2n) is 3.61. The van der Waals surface area contributed by atoms with E-state index >= 15 is 0 Å². The number of aliphatic hydroxyl groups excluding tert-OH is 1. The molecule has 0 aromatic heterocycles. The molecule has 4 nitrogen and oxygen atoms in total. The maximum atomic E-state index is 11.0. The van der Waals surface area contributed by atoms with E-state index in [1.54, 1.807) is 0 Å². The second kappa shape index (κ2) is 11.5. The maximum Gasteiger partial charge on any atom is 0.324 e. The summed E-state index contributed by atoms with van der Waals surface area (Å²) in [6, 6.07) is 0. The van der Waals surface area contributed by atoms with E-state index in [-0.39, 0.29) is 12.6 Å². The van der Waals surface area contributed by atoms with Crippen LogP contribution in [0.1, 0.15) is 51.9 Å². The van der Waals surface area contributed by atoms with Gasteiger partial charge in [0.05, 0.1) is 13.2 Å². The highest BCUT2D eigenvalue weighted by atomic mass is 16.7. The van der Waals surface area contributed by atoms with Gasteiger partial charge in [0.15, 0.2) is 0 Å². The van der Waals surface area contributed by atoms with E-state index in [1.165, 1.54) is 25.7 Å². The predicted octanol–water partition coefficient (Wildman–Crippen LogP) is 1.78. The van der Waals surface area contributed by atoms with Crippen molar-refractivity contribution in [3.63, 3.8) is 0 Å². The lowest BCUT2D eigenvalue weighted by Gasteiger charge is -2.03. The Bertz CT molecular complexity index is 151. The summed E-state index contributed by atoms with van der Waals surface area (Å²) in [5.74, 6) is -0.237. The maximum absolute atomic E-state index is 11.0. The Labute approximate surface area is 92.0 Å². The van der Waals surface area contributed by atoms with Crippen molar-refractivity contribution >= 4 is 5.97 Å². The SMILES string of the molecule is CCCCCCCCC(=O)ONCCO. The van der Waals surface area contributed by atoms with Gasteiger partial charge < -0.3 is 9.94 Å². The lowest BCUT2D eigenvalue weighted by Crippen LogP contribution is -2.22. The van der Waals surface area contributed by atoms with Gasteiger partial charge in [-0.25, -0.2) is 0 Å². The van der Waals surface area contributed by atoms with Crippen LogP contribution in [-0.2, 0) is 9.63 Å². The molecule has 0 radical (unpaired) electrons. The zero-order chi connectivity index (χ0) is 11.4. The van der Waals surface area contributed by atoms with Crippen LogP contribution in [-0.4, -0.2) is 24.2 Å². The summed E-state index contributed by atoms with van der Waals surface area (Å²) in [7, 11) is 0. The van der Waals surface area contributed by atoms with Crippen LogP contribution < -0.4 is 5.48 Å². The number of aliphatic hydroxyl groups is 1. The van der Waals surface area contributed by atoms with Crippen LogP contribution in [0.5, 0.6) is 0 Å². The molecule has 90 valence electrons. The first-order valence-electron chi connectivity index (χ1n) is 5.84. The summed E-state index contributed by atoms with van der Waals surface area (Å²) in [4.78, 5) is 15.7. The molecule has 0 aromatic rings. The normalized spacial score (nSPS) is 10.3. The van der Waals surface area contributed by atoms with E-state index < -0.39 is 0 Å². The zero-order valence-corrected chi connectivity index (χ0v) is 9.63. The minimum absolute atomic E-state index is 0.0235. The summed E-state index contributed by atoms with van der Waals surface area (Å²) >= 11 is 0. The number of unbranched alkanes of at least 4 members (excludes halogenated alkanes) is 5. The van der Waals surface area contributed by atoms with E-state index in [1.807, 2.05) is 0 Å². The van der Waals surface area contributed by atoms with E-state index in [0.717, 1.165) is 12.8 Å². The van der Waals surface area contributed by atoms with Crippen molar-refractivity contribution in [2.24, 2.45) is 0 Å². The molecule has 2 N–H and O–H groups in total. The number of hydrogen-bond acceptors (Lipinski definition) is 4. The quantitative estimate of drug-likeness (QED) is 0.432. The summed E-state index contributed by atoms with van der Waals surface area (Å²) in [6.45, 7) is 2.46. The molecular weight excluding hydrogens is 194 g/mol. The van der Waals surface area contributed by atoms with Crippen molar-refractivity contribution in [3.05, 3.63) is 0 Å². The molecule has 0 heterocycles. The lowest BCUT2D eigenvalue weighted by molar-refractivity contribution is -0.151. The molecule has 0 unspecified atom stereocenters. The molecule has 0 saturated carbocycles. The van der Waals surface area contributed by atoms with Gasteiger partial charge in [-0.1, -0.05) is 39.0 Å². The molecule has 15 heavy (non-hydrogen) atoms. The number of hydroxylamine groups is 1. The first-order chi connectivity index (χ1) is 7.31. The molecule has 0 aliphatic rings. The van der Waals surface area contributed by atoms with Gasteiger partial charge in [-0.3, -0.25) is 4.79 Å². The van der Waals surface area contributed by atoms with Crippen LogP contribution in [0, 0.1) is 0 Å². The molecule has 0 bridgehead atoms. The van der Waals surface area contributed by atoms with Gasteiger partial charge in [-0.2, -0.15) is 5.48 Å². The monoisotopic (exact) mass is 217 g/mol. The molecule has 0 amide bonds. The highest BCUT2D eigenvalue weighted by molar-refractivity contribution is 5.68. The Morgan fingerprint density at radius 2 is 1.87 bits per heavy atom. The molecular formula is C11H23NO3. The van der Waals surface area contributed by atoms with Crippen LogP contribution in [0.25, 0.3) is 0 Å². The number of hydrogen-bond donors (Lipinski definition) is 2.